The normalized spacial score (nSPS) is 12.6. The smallest absolute Gasteiger partial charge is 0.748 e. The molecule has 0 rings (SSSR count). The summed E-state index contributed by atoms with van der Waals surface area (Å²) in [4.78, 5) is 35.4. The summed E-state index contributed by atoms with van der Waals surface area (Å²) in [7, 11) is -5.10. The van der Waals surface area contributed by atoms with Gasteiger partial charge >= 0.3 is 41.5 Å². The Balaban J connectivity index is 0. The van der Waals surface area contributed by atoms with Crippen LogP contribution in [0.2, 0.25) is 0 Å². The largest absolute Gasteiger partial charge is 1.00 e. The van der Waals surface area contributed by atoms with E-state index in [-0.39, 0.29) is 42.8 Å². The zero-order chi connectivity index (χ0) is 16.8. The summed E-state index contributed by atoms with van der Waals surface area (Å²) in [5.41, 5.74) is -2.74. The molecule has 0 aliphatic rings. The third kappa shape index (κ3) is 5.51. The fraction of sp³-hybridized carbons (Fsp3) is 0.727. The minimum Gasteiger partial charge on any atom is -0.748 e. The Kier molecular flexibility index (Phi) is 10.1. The van der Waals surface area contributed by atoms with Crippen molar-refractivity contribution in [1.82, 2.24) is 5.32 Å². The SMILES string of the molecule is CCOC(=O)C(NC(C)=O)(C(=O)OCC)C(C)S(=O)(=O)[O-].[Na+]. The van der Waals surface area contributed by atoms with Crippen LogP contribution in [0.25, 0.3) is 0 Å². The van der Waals surface area contributed by atoms with Crippen LogP contribution in [0, 0.1) is 0 Å². The van der Waals surface area contributed by atoms with Gasteiger partial charge in [-0.3, -0.25) is 4.79 Å². The molecule has 0 heterocycles. The van der Waals surface area contributed by atoms with Gasteiger partial charge in [-0.15, -0.1) is 0 Å². The Morgan fingerprint density at radius 2 is 1.50 bits per heavy atom. The molecule has 0 aromatic carbocycles. The van der Waals surface area contributed by atoms with Gasteiger partial charge in [-0.25, -0.2) is 18.0 Å². The van der Waals surface area contributed by atoms with Crippen molar-refractivity contribution < 1.29 is 66.4 Å². The number of ether oxygens (including phenoxy) is 2. The van der Waals surface area contributed by atoms with Crippen molar-refractivity contribution in [2.75, 3.05) is 13.2 Å². The van der Waals surface area contributed by atoms with Gasteiger partial charge in [0.1, 0.15) is 10.1 Å². The summed E-state index contributed by atoms with van der Waals surface area (Å²) in [6.07, 6.45) is 0. The molecule has 1 atom stereocenters. The van der Waals surface area contributed by atoms with Crippen LogP contribution in [0.3, 0.4) is 0 Å². The van der Waals surface area contributed by atoms with E-state index in [1.807, 2.05) is 5.32 Å². The second-order valence-corrected chi connectivity index (χ2v) is 5.76. The molecule has 1 amide bonds. The molecular weight excluding hydrogens is 329 g/mol. The van der Waals surface area contributed by atoms with Crippen molar-refractivity contribution in [3.8, 4) is 0 Å². The van der Waals surface area contributed by atoms with E-state index in [4.69, 9.17) is 0 Å². The van der Waals surface area contributed by atoms with Crippen LogP contribution in [-0.2, 0) is 34.0 Å². The maximum absolute atomic E-state index is 12.1. The van der Waals surface area contributed by atoms with Gasteiger partial charge in [-0.2, -0.15) is 0 Å². The number of rotatable bonds is 7. The Morgan fingerprint density at radius 3 is 1.73 bits per heavy atom. The van der Waals surface area contributed by atoms with Gasteiger partial charge in [0.15, 0.2) is 0 Å². The molecule has 0 aliphatic heterocycles. The number of hydrogen-bond donors (Lipinski definition) is 1. The van der Waals surface area contributed by atoms with Gasteiger partial charge in [0.25, 0.3) is 5.54 Å². The van der Waals surface area contributed by atoms with Crippen LogP contribution in [-0.4, -0.2) is 54.8 Å². The average molecular weight is 347 g/mol. The number of esters is 2. The van der Waals surface area contributed by atoms with Crippen LogP contribution in [0.15, 0.2) is 0 Å². The minimum absolute atomic E-state index is 0. The van der Waals surface area contributed by atoms with Crippen LogP contribution in [0.4, 0.5) is 0 Å². The van der Waals surface area contributed by atoms with Gasteiger partial charge < -0.3 is 19.3 Å². The van der Waals surface area contributed by atoms with Gasteiger partial charge in [0, 0.05) is 6.92 Å². The topological polar surface area (TPSA) is 139 Å². The van der Waals surface area contributed by atoms with Gasteiger partial charge in [-0.05, 0) is 20.8 Å². The van der Waals surface area contributed by atoms with Crippen molar-refractivity contribution in [2.24, 2.45) is 0 Å². The molecule has 0 saturated heterocycles. The van der Waals surface area contributed by atoms with Crippen LogP contribution >= 0.6 is 0 Å². The molecule has 0 spiro atoms. The first kappa shape index (κ1) is 23.6. The molecule has 1 unspecified atom stereocenters. The molecule has 0 aromatic heterocycles. The van der Waals surface area contributed by atoms with E-state index in [9.17, 15) is 27.4 Å². The van der Waals surface area contributed by atoms with Gasteiger partial charge in [-0.1, -0.05) is 0 Å². The Hall–Kier alpha value is -0.680. The van der Waals surface area contributed by atoms with Crippen LogP contribution < -0.4 is 34.9 Å². The second-order valence-electron chi connectivity index (χ2n) is 4.07. The molecule has 0 saturated carbocycles. The number of carbonyl (C=O) groups is 3. The van der Waals surface area contributed by atoms with Crippen LogP contribution in [0.1, 0.15) is 27.7 Å². The third-order valence-corrected chi connectivity index (χ3v) is 3.83. The summed E-state index contributed by atoms with van der Waals surface area (Å²) in [5, 5.41) is -0.203. The van der Waals surface area contributed by atoms with Crippen molar-refractivity contribution in [1.29, 1.82) is 0 Å². The third-order valence-electron chi connectivity index (χ3n) is 2.61. The molecule has 0 fully saturated rings. The monoisotopic (exact) mass is 347 g/mol. The first-order valence-corrected chi connectivity index (χ1v) is 7.59. The first-order valence-electron chi connectivity index (χ1n) is 6.11. The van der Waals surface area contributed by atoms with Gasteiger partial charge in [0.05, 0.1) is 18.5 Å². The molecule has 122 valence electrons. The Labute approximate surface area is 151 Å². The van der Waals surface area contributed by atoms with Crippen molar-refractivity contribution >= 4 is 28.0 Å². The molecule has 22 heavy (non-hydrogen) atoms. The first-order chi connectivity index (χ1) is 9.53. The molecule has 0 radical (unpaired) electrons. The predicted octanol–water partition coefficient (Wildman–Crippen LogP) is -4.07. The van der Waals surface area contributed by atoms with Crippen molar-refractivity contribution in [3.63, 3.8) is 0 Å². The summed E-state index contributed by atoms with van der Waals surface area (Å²) in [5.74, 6) is -3.64. The molecule has 0 aliphatic carbocycles. The van der Waals surface area contributed by atoms with E-state index in [0.29, 0.717) is 0 Å². The van der Waals surface area contributed by atoms with Crippen LogP contribution in [0.5, 0.6) is 0 Å². The maximum Gasteiger partial charge on any atom is 1.00 e. The minimum atomic E-state index is -5.10. The zero-order valence-electron chi connectivity index (χ0n) is 13.2. The van der Waals surface area contributed by atoms with E-state index >= 15 is 0 Å². The van der Waals surface area contributed by atoms with E-state index in [2.05, 4.69) is 9.47 Å². The predicted molar refractivity (Wildman–Crippen MR) is 69.0 cm³/mol. The van der Waals surface area contributed by atoms with E-state index in [0.717, 1.165) is 13.8 Å². The summed E-state index contributed by atoms with van der Waals surface area (Å²) in [6, 6.07) is 0. The summed E-state index contributed by atoms with van der Waals surface area (Å²) >= 11 is 0. The van der Waals surface area contributed by atoms with E-state index < -0.39 is 38.8 Å². The second kappa shape index (κ2) is 9.46. The molecule has 0 aromatic rings. The Bertz CT molecular complexity index is 500. The number of hydrogen-bond acceptors (Lipinski definition) is 8. The fourth-order valence-electron chi connectivity index (χ4n) is 1.60. The standard InChI is InChI=1S/C11H19NO8S.Na/c1-5-19-9(14)11(12-8(4)13,10(15)20-6-2)7(3)21(16,17)18;/h7H,5-6H2,1-4H3,(H,12,13)(H,16,17,18);/q;+1/p-1. The Morgan fingerprint density at radius 1 is 1.14 bits per heavy atom. The summed E-state index contributed by atoms with van der Waals surface area (Å²) in [6.45, 7) is 4.23. The van der Waals surface area contributed by atoms with Crippen molar-refractivity contribution in [2.45, 2.75) is 38.5 Å². The molecule has 0 bridgehead atoms. The average Bonchev–Trinajstić information content (AvgIpc) is 2.34. The molecule has 9 nitrogen and oxygen atoms in total. The molecule has 1 N–H and O–H groups in total. The maximum atomic E-state index is 12.1. The number of carbonyl (C=O) groups excluding carboxylic acids is 3. The van der Waals surface area contributed by atoms with Crippen molar-refractivity contribution in [3.05, 3.63) is 0 Å². The van der Waals surface area contributed by atoms with Gasteiger partial charge in [0.2, 0.25) is 5.91 Å². The fourth-order valence-corrected chi connectivity index (χ4v) is 2.29. The zero-order valence-corrected chi connectivity index (χ0v) is 16.0. The summed E-state index contributed by atoms with van der Waals surface area (Å²) < 4.78 is 43.0. The van der Waals surface area contributed by atoms with E-state index in [1.165, 1.54) is 13.8 Å². The number of amides is 1. The number of nitrogens with one attached hydrogen (secondary N) is 1. The molecular formula is C11H18NNaO8S. The molecule has 11 heteroatoms. The van der Waals surface area contributed by atoms with E-state index in [1.54, 1.807) is 0 Å². The quantitative estimate of drug-likeness (QED) is 0.212.